The Morgan fingerprint density at radius 3 is 1.57 bits per heavy atom. The van der Waals surface area contributed by atoms with Gasteiger partial charge in [-0.3, -0.25) is 4.79 Å². The molecule has 0 fully saturated rings. The highest BCUT2D eigenvalue weighted by atomic mass is 32.1. The van der Waals surface area contributed by atoms with Crippen molar-refractivity contribution in [1.29, 1.82) is 0 Å². The van der Waals surface area contributed by atoms with E-state index in [0.29, 0.717) is 19.6 Å². The van der Waals surface area contributed by atoms with Gasteiger partial charge >= 0.3 is 5.97 Å². The smallest absolute Gasteiger partial charge is 0.313 e. The average molecular weight is 324 g/mol. The first-order chi connectivity index (χ1) is 9.93. The molecule has 21 heavy (non-hydrogen) atoms. The van der Waals surface area contributed by atoms with Crippen molar-refractivity contribution in [2.45, 2.75) is 13.3 Å². The molecule has 0 radical (unpaired) electrons. The van der Waals surface area contributed by atoms with Crippen molar-refractivity contribution in [2.24, 2.45) is 5.41 Å². The van der Waals surface area contributed by atoms with Crippen molar-refractivity contribution in [3.63, 3.8) is 0 Å². The molecule has 0 atom stereocenters. The van der Waals surface area contributed by atoms with Crippen LogP contribution in [0.15, 0.2) is 25.3 Å². The Hall–Kier alpha value is -0.860. The monoisotopic (exact) mass is 324 g/mol. The Labute approximate surface area is 132 Å². The molecule has 0 bridgehead atoms. The normalized spacial score (nSPS) is 9.57. The molecule has 0 aliphatic rings. The summed E-state index contributed by atoms with van der Waals surface area (Å²) in [4.78, 5) is 9.29. The third-order valence-electron chi connectivity index (χ3n) is 2.36. The predicted octanol–water partition coefficient (Wildman–Crippen LogP) is 0.735. The van der Waals surface area contributed by atoms with Crippen LogP contribution in [0.1, 0.15) is 13.3 Å². The molecule has 126 valence electrons. The number of carboxylic acids is 1. The quantitative estimate of drug-likeness (QED) is 0.243. The highest BCUT2D eigenvalue weighted by Gasteiger charge is 2.24. The standard InChI is InChI=1S/C6H14O3.C6H10O.C2H4O2S/c1-2-6(3-7,4-8)5-9;1-3-5-7-6-4-2;3-2(4)1-5/h7-9H,2-5H2,1H3;3-4H,1-2,5-6H2;5H,1H2,(H,3,4). The fourth-order valence-corrected chi connectivity index (χ4v) is 0.720. The fourth-order valence-electron chi connectivity index (χ4n) is 0.720. The lowest BCUT2D eigenvalue weighted by Gasteiger charge is -2.24. The molecule has 0 saturated heterocycles. The average Bonchev–Trinajstić information content (AvgIpc) is 2.52. The number of thiol groups is 1. The summed E-state index contributed by atoms with van der Waals surface area (Å²) in [6.45, 7) is 9.53. The first-order valence-electron chi connectivity index (χ1n) is 6.38. The van der Waals surface area contributed by atoms with Crippen LogP contribution >= 0.6 is 12.6 Å². The lowest BCUT2D eigenvalue weighted by Crippen LogP contribution is -2.32. The molecule has 0 amide bonds. The van der Waals surface area contributed by atoms with Crippen molar-refractivity contribution in [3.8, 4) is 0 Å². The minimum Gasteiger partial charge on any atom is -0.481 e. The van der Waals surface area contributed by atoms with Crippen molar-refractivity contribution in [3.05, 3.63) is 25.3 Å². The van der Waals surface area contributed by atoms with Crippen molar-refractivity contribution in [2.75, 3.05) is 38.8 Å². The molecular formula is C14H28O6S. The van der Waals surface area contributed by atoms with E-state index in [4.69, 9.17) is 25.2 Å². The second-order valence-corrected chi connectivity index (χ2v) is 4.31. The van der Waals surface area contributed by atoms with Gasteiger partial charge in [0.1, 0.15) is 0 Å². The largest absolute Gasteiger partial charge is 0.481 e. The molecular weight excluding hydrogens is 296 g/mol. The Bertz CT molecular complexity index is 228. The van der Waals surface area contributed by atoms with Crippen LogP contribution in [0, 0.1) is 5.41 Å². The van der Waals surface area contributed by atoms with E-state index in [-0.39, 0.29) is 25.6 Å². The summed E-state index contributed by atoms with van der Waals surface area (Å²) in [5.74, 6) is -0.965. The van der Waals surface area contributed by atoms with Crippen LogP contribution in [-0.2, 0) is 9.53 Å². The van der Waals surface area contributed by atoms with Crippen LogP contribution in [0.5, 0.6) is 0 Å². The third-order valence-corrected chi connectivity index (χ3v) is 2.63. The molecule has 0 unspecified atom stereocenters. The highest BCUT2D eigenvalue weighted by molar-refractivity contribution is 7.81. The summed E-state index contributed by atoms with van der Waals surface area (Å²) in [5.41, 5.74) is -0.667. The van der Waals surface area contributed by atoms with Gasteiger partial charge in [-0.1, -0.05) is 19.1 Å². The van der Waals surface area contributed by atoms with Crippen LogP contribution in [0.25, 0.3) is 0 Å². The Balaban J connectivity index is -0.000000242. The second-order valence-electron chi connectivity index (χ2n) is 3.99. The summed E-state index contributed by atoms with van der Waals surface area (Å²) >= 11 is 3.42. The van der Waals surface area contributed by atoms with Gasteiger partial charge in [-0.2, -0.15) is 12.6 Å². The minimum absolute atomic E-state index is 0.0833. The molecule has 0 aromatic heterocycles. The van der Waals surface area contributed by atoms with Gasteiger partial charge in [0.25, 0.3) is 0 Å². The zero-order valence-electron chi connectivity index (χ0n) is 12.6. The number of hydrogen-bond acceptors (Lipinski definition) is 6. The summed E-state index contributed by atoms with van der Waals surface area (Å²) in [7, 11) is 0. The van der Waals surface area contributed by atoms with E-state index in [1.807, 2.05) is 6.92 Å². The van der Waals surface area contributed by atoms with E-state index in [1.165, 1.54) is 0 Å². The lowest BCUT2D eigenvalue weighted by molar-refractivity contribution is -0.133. The van der Waals surface area contributed by atoms with Gasteiger partial charge in [0.15, 0.2) is 0 Å². The van der Waals surface area contributed by atoms with Crippen LogP contribution in [0.2, 0.25) is 0 Å². The van der Waals surface area contributed by atoms with Gasteiger partial charge in [-0.15, -0.1) is 13.2 Å². The summed E-state index contributed by atoms with van der Waals surface area (Å²) in [5, 5.41) is 33.6. The van der Waals surface area contributed by atoms with Crippen molar-refractivity contribution < 1.29 is 30.0 Å². The number of aliphatic hydroxyl groups is 3. The van der Waals surface area contributed by atoms with Crippen molar-refractivity contribution in [1.82, 2.24) is 0 Å². The molecule has 7 heteroatoms. The number of ether oxygens (including phenoxy) is 1. The zero-order chi connectivity index (χ0) is 17.1. The topological polar surface area (TPSA) is 107 Å². The molecule has 0 rings (SSSR count). The van der Waals surface area contributed by atoms with E-state index in [9.17, 15) is 4.79 Å². The highest BCUT2D eigenvalue weighted by Crippen LogP contribution is 2.18. The Morgan fingerprint density at radius 1 is 1.14 bits per heavy atom. The van der Waals surface area contributed by atoms with E-state index >= 15 is 0 Å². The van der Waals surface area contributed by atoms with E-state index in [1.54, 1.807) is 12.2 Å². The summed E-state index contributed by atoms with van der Waals surface area (Å²) < 4.78 is 4.90. The van der Waals surface area contributed by atoms with Crippen molar-refractivity contribution >= 4 is 18.6 Å². The van der Waals surface area contributed by atoms with Gasteiger partial charge in [0.05, 0.1) is 38.8 Å². The first kappa shape index (κ1) is 25.1. The van der Waals surface area contributed by atoms with Gasteiger partial charge in [0, 0.05) is 5.41 Å². The number of aliphatic hydroxyl groups excluding tert-OH is 3. The van der Waals surface area contributed by atoms with Gasteiger partial charge in [0.2, 0.25) is 0 Å². The molecule has 0 spiro atoms. The maximum absolute atomic E-state index is 9.29. The molecule has 0 heterocycles. The van der Waals surface area contributed by atoms with Crippen LogP contribution in [0.4, 0.5) is 0 Å². The molecule has 0 aliphatic carbocycles. The zero-order valence-corrected chi connectivity index (χ0v) is 13.5. The summed E-state index contributed by atoms with van der Waals surface area (Å²) in [6, 6.07) is 0. The van der Waals surface area contributed by atoms with E-state index in [0.717, 1.165) is 0 Å². The maximum atomic E-state index is 9.29. The van der Waals surface area contributed by atoms with Gasteiger partial charge in [-0.25, -0.2) is 0 Å². The fraction of sp³-hybridized carbons (Fsp3) is 0.643. The number of carboxylic acid groups (broad SMARTS) is 1. The Morgan fingerprint density at radius 2 is 1.48 bits per heavy atom. The maximum Gasteiger partial charge on any atom is 0.313 e. The molecule has 0 aliphatic heterocycles. The van der Waals surface area contributed by atoms with Gasteiger partial charge in [-0.05, 0) is 6.42 Å². The minimum atomic E-state index is -0.881. The van der Waals surface area contributed by atoms with E-state index in [2.05, 4.69) is 25.8 Å². The predicted molar refractivity (Wildman–Crippen MR) is 86.7 cm³/mol. The SMILES string of the molecule is C=CCOCC=C.CCC(CO)(CO)CO.O=C(O)CS. The number of hydrogen-bond donors (Lipinski definition) is 5. The molecule has 0 aromatic carbocycles. The number of rotatable bonds is 9. The Kier molecular flexibility index (Phi) is 22.9. The number of aliphatic carboxylic acids is 1. The summed E-state index contributed by atoms with van der Waals surface area (Å²) in [6.07, 6.45) is 4.02. The first-order valence-corrected chi connectivity index (χ1v) is 7.01. The molecule has 0 aromatic rings. The molecule has 4 N–H and O–H groups in total. The second kappa shape index (κ2) is 19.1. The van der Waals surface area contributed by atoms with Crippen LogP contribution in [0.3, 0.4) is 0 Å². The number of carbonyl (C=O) groups is 1. The van der Waals surface area contributed by atoms with Crippen LogP contribution < -0.4 is 0 Å². The van der Waals surface area contributed by atoms with Crippen LogP contribution in [-0.4, -0.2) is 65.2 Å². The molecule has 0 saturated carbocycles. The lowest BCUT2D eigenvalue weighted by atomic mass is 9.88. The third kappa shape index (κ3) is 19.1. The van der Waals surface area contributed by atoms with E-state index < -0.39 is 11.4 Å². The molecule has 6 nitrogen and oxygen atoms in total. The van der Waals surface area contributed by atoms with Gasteiger partial charge < -0.3 is 25.2 Å².